The number of nitrogens with one attached hydrogen (secondary N) is 3. The van der Waals surface area contributed by atoms with Crippen LogP contribution in [-0.2, 0) is 71.1 Å². The van der Waals surface area contributed by atoms with Gasteiger partial charge in [-0.25, -0.2) is 14.4 Å². The summed E-state index contributed by atoms with van der Waals surface area (Å²) in [6.45, 7) is 14.1. The van der Waals surface area contributed by atoms with Gasteiger partial charge in [0.2, 0.25) is 39.8 Å². The van der Waals surface area contributed by atoms with Crippen LogP contribution in [0.5, 0.6) is 0 Å². The number of hydrogen-bond donors (Lipinski definition) is 9. The Bertz CT molecular complexity index is 1900. The van der Waals surface area contributed by atoms with E-state index in [1.54, 1.807) is 62.3 Å². The van der Waals surface area contributed by atoms with Crippen molar-refractivity contribution in [1.29, 1.82) is 0 Å². The number of aliphatic carboxylic acids is 3. The maximum atomic E-state index is 13.7. The predicted octanol–water partition coefficient (Wildman–Crippen LogP) is 1.83. The molecule has 75 heavy (non-hydrogen) atoms. The fourth-order valence-corrected chi connectivity index (χ4v) is 11.9. The minimum Gasteiger partial charge on any atom is -0.481 e. The van der Waals surface area contributed by atoms with Gasteiger partial charge in [0.25, 0.3) is 0 Å². The molecule has 1 aliphatic heterocycles. The maximum Gasteiger partial charge on any atom is 0.329 e. The second-order valence-electron chi connectivity index (χ2n) is 21.5. The van der Waals surface area contributed by atoms with E-state index in [2.05, 4.69) is 16.0 Å². The fraction of sp³-hybridized carbons (Fsp3) is 0.800. The molecular formula is C45H81N6O21P3. The van der Waals surface area contributed by atoms with Gasteiger partial charge in [-0.2, -0.15) is 0 Å². The highest BCUT2D eigenvalue weighted by Gasteiger charge is 2.34. The molecule has 0 aromatic rings. The van der Waals surface area contributed by atoms with Crippen LogP contribution in [0.1, 0.15) is 120 Å². The first kappa shape index (κ1) is 68.7. The van der Waals surface area contributed by atoms with Crippen molar-refractivity contribution < 1.29 is 101 Å². The van der Waals surface area contributed by atoms with Crippen molar-refractivity contribution in [3.63, 3.8) is 0 Å². The molecule has 1 rings (SSSR count). The number of amides is 3. The molecule has 6 atom stereocenters. The first-order chi connectivity index (χ1) is 34.1. The van der Waals surface area contributed by atoms with Crippen LogP contribution in [0.2, 0.25) is 0 Å². The summed E-state index contributed by atoms with van der Waals surface area (Å²) in [7, 11) is -12.8. The van der Waals surface area contributed by atoms with Gasteiger partial charge < -0.3 is 60.2 Å². The summed E-state index contributed by atoms with van der Waals surface area (Å²) in [6, 6.07) is -4.11. The van der Waals surface area contributed by atoms with Crippen molar-refractivity contribution in [2.24, 2.45) is 0 Å². The summed E-state index contributed by atoms with van der Waals surface area (Å²) < 4.78 is 57.0. The maximum absolute atomic E-state index is 13.7. The van der Waals surface area contributed by atoms with Crippen molar-refractivity contribution in [1.82, 2.24) is 30.7 Å². The molecule has 1 saturated heterocycles. The van der Waals surface area contributed by atoms with Gasteiger partial charge in [0.05, 0.1) is 18.9 Å². The van der Waals surface area contributed by atoms with Gasteiger partial charge in [-0.3, -0.25) is 57.2 Å². The van der Waals surface area contributed by atoms with Crippen LogP contribution in [0, 0.1) is 0 Å². The number of nitrogens with zero attached hydrogens (tertiary/aromatic N) is 3. The third-order valence-corrected chi connectivity index (χ3v) is 15.8. The van der Waals surface area contributed by atoms with Gasteiger partial charge in [0.1, 0.15) is 34.9 Å². The van der Waals surface area contributed by atoms with Crippen LogP contribution in [0.25, 0.3) is 0 Å². The Hall–Kier alpha value is -4.32. The number of ether oxygens (including phenoxy) is 3. The second-order valence-corrected chi connectivity index (χ2v) is 28.8. The van der Waals surface area contributed by atoms with Crippen LogP contribution < -0.4 is 16.0 Å². The lowest BCUT2D eigenvalue weighted by Gasteiger charge is -2.28. The minimum atomic E-state index is -4.25. The van der Waals surface area contributed by atoms with E-state index in [0.29, 0.717) is 0 Å². The Labute approximate surface area is 437 Å². The average Bonchev–Trinajstić information content (AvgIpc) is 3.31. The summed E-state index contributed by atoms with van der Waals surface area (Å²) in [4.78, 5) is 149. The summed E-state index contributed by atoms with van der Waals surface area (Å²) in [5.41, 5.74) is -2.93. The van der Waals surface area contributed by atoms with Crippen LogP contribution >= 0.6 is 22.1 Å². The molecule has 1 heterocycles. The van der Waals surface area contributed by atoms with Gasteiger partial charge in [0.15, 0.2) is 0 Å². The molecule has 1 aliphatic rings. The highest BCUT2D eigenvalue weighted by atomic mass is 31.2. The molecule has 0 aliphatic carbocycles. The number of hydrogen-bond acceptors (Lipinski definition) is 18. The van der Waals surface area contributed by atoms with E-state index in [1.807, 2.05) is 0 Å². The van der Waals surface area contributed by atoms with Gasteiger partial charge in [-0.15, -0.1) is 0 Å². The van der Waals surface area contributed by atoms with Crippen molar-refractivity contribution in [2.45, 2.75) is 155 Å². The van der Waals surface area contributed by atoms with Gasteiger partial charge >= 0.3 is 35.8 Å². The largest absolute Gasteiger partial charge is 0.481 e. The number of rotatable bonds is 30. The Morgan fingerprint density at radius 3 is 0.787 bits per heavy atom. The van der Waals surface area contributed by atoms with Crippen molar-refractivity contribution in [3.05, 3.63) is 0 Å². The molecule has 0 aromatic carbocycles. The smallest absolute Gasteiger partial charge is 0.329 e. The van der Waals surface area contributed by atoms with E-state index in [-0.39, 0.29) is 58.5 Å². The zero-order chi connectivity index (χ0) is 57.8. The molecule has 3 amide bonds. The van der Waals surface area contributed by atoms with Gasteiger partial charge in [0, 0.05) is 96.3 Å². The minimum absolute atomic E-state index is 0.0141. The number of carbonyl (C=O) groups is 9. The molecule has 3 unspecified atom stereocenters. The highest BCUT2D eigenvalue weighted by Crippen LogP contribution is 2.44. The number of carboxylic acids is 3. The average molecular weight is 1140 g/mol. The third-order valence-electron chi connectivity index (χ3n) is 10.5. The van der Waals surface area contributed by atoms with Crippen molar-refractivity contribution >= 4 is 75.6 Å². The molecule has 27 nitrogen and oxygen atoms in total. The third kappa shape index (κ3) is 33.5. The Morgan fingerprint density at radius 1 is 0.413 bits per heavy atom. The van der Waals surface area contributed by atoms with Crippen molar-refractivity contribution in [2.75, 3.05) is 76.6 Å². The first-order valence-electron chi connectivity index (χ1n) is 24.5. The second kappa shape index (κ2) is 30.6. The van der Waals surface area contributed by atoms with E-state index in [9.17, 15) is 86.8 Å². The number of carbonyl (C=O) groups excluding carboxylic acids is 6. The topological polar surface area (TPSA) is 400 Å². The normalized spacial score (nSPS) is 18.1. The zero-order valence-electron chi connectivity index (χ0n) is 44.6. The number of esters is 3. The molecule has 0 radical (unpaired) electrons. The van der Waals surface area contributed by atoms with Gasteiger partial charge in [-0.1, -0.05) is 0 Å². The van der Waals surface area contributed by atoms with E-state index in [1.165, 1.54) is 14.7 Å². The van der Waals surface area contributed by atoms with E-state index < -0.39 is 186 Å². The monoisotopic (exact) mass is 1130 g/mol. The molecule has 0 aromatic heterocycles. The summed E-state index contributed by atoms with van der Waals surface area (Å²) in [5.74, 6) is -8.94. The standard InChI is InChI=1S/C45H81N6O21P3/c1-43(2,3)70-40(61)31(10-13-37(55)56)46-34(52)16-25-73(64,65)28-49-19-21-50(29-74(66,67)26-17-35(53)47-32(11-14-38(57)58)41(62)71-44(4,5)6)23-24-51(22-20-49)30-75(68,69)27-18-36(54)48-33(12-15-39(59)60)42(63)72-45(7,8)9/h31-33H,10-30H2,1-9H3,(H,46,52)(H,47,53)(H,48,54)(H,55,56)(H,57,58)(H,59,60)(H,64,65)(H,66,67)(H,68,69)/t31-,32-,33-/m0/s1. The first-order valence-corrected chi connectivity index (χ1v) is 30.5. The zero-order valence-corrected chi connectivity index (χ0v) is 47.3. The van der Waals surface area contributed by atoms with Crippen LogP contribution in [-0.4, -0.2) is 210 Å². The quantitative estimate of drug-likeness (QED) is 0.0281. The lowest BCUT2D eigenvalue weighted by atomic mass is 10.1. The van der Waals surface area contributed by atoms with Gasteiger partial charge in [-0.05, 0) is 81.6 Å². The van der Waals surface area contributed by atoms with Crippen LogP contribution in [0.4, 0.5) is 0 Å². The Balaban J connectivity index is 3.34. The molecule has 1 fully saturated rings. The van der Waals surface area contributed by atoms with E-state index >= 15 is 0 Å². The number of carboxylic acid groups (broad SMARTS) is 3. The Kier molecular flexibility index (Phi) is 28.0. The fourth-order valence-electron chi connectivity index (χ4n) is 7.06. The molecular weight excluding hydrogens is 1050 g/mol. The molecule has 0 saturated carbocycles. The molecule has 0 bridgehead atoms. The predicted molar refractivity (Wildman–Crippen MR) is 271 cm³/mol. The van der Waals surface area contributed by atoms with E-state index in [4.69, 9.17) is 14.2 Å². The summed E-state index contributed by atoms with van der Waals surface area (Å²) >= 11 is 0. The lowest BCUT2D eigenvalue weighted by Crippen LogP contribution is -2.44. The lowest BCUT2D eigenvalue weighted by molar-refractivity contribution is -0.160. The summed E-state index contributed by atoms with van der Waals surface area (Å²) in [6.07, 6.45) is -7.52. The molecule has 0 spiro atoms. The molecule has 432 valence electrons. The Morgan fingerprint density at radius 2 is 0.613 bits per heavy atom. The van der Waals surface area contributed by atoms with Crippen molar-refractivity contribution in [3.8, 4) is 0 Å². The summed E-state index contributed by atoms with van der Waals surface area (Å²) in [5, 5.41) is 34.7. The SMILES string of the molecule is CC(C)(C)OC(=O)[C@H](CCC(=O)O)NC(=O)CCP(=O)(O)CN1CCN(CP(=O)(O)CCC(=O)N[C@@H](CCC(=O)O)C(=O)OC(C)(C)C)CCN(CP(=O)(O)CCC(=O)N[C@@H](CCC(=O)O)C(=O)OC(C)(C)C)CC1. The molecule has 9 N–H and O–H groups in total. The highest BCUT2D eigenvalue weighted by molar-refractivity contribution is 7.58. The van der Waals surface area contributed by atoms with E-state index in [0.717, 1.165) is 0 Å². The van der Waals surface area contributed by atoms with Crippen LogP contribution in [0.15, 0.2) is 0 Å². The van der Waals surface area contributed by atoms with Crippen LogP contribution in [0.3, 0.4) is 0 Å². The molecule has 30 heteroatoms.